The van der Waals surface area contributed by atoms with Gasteiger partial charge >= 0.3 is 0 Å². The van der Waals surface area contributed by atoms with Crippen LogP contribution in [0.5, 0.6) is 0 Å². The number of benzene rings is 1. The molecule has 1 N–H and O–H groups in total. The highest BCUT2D eigenvalue weighted by Gasteiger charge is 2.39. The van der Waals surface area contributed by atoms with E-state index in [0.717, 1.165) is 31.2 Å². The Bertz CT molecular complexity index is 764. The average molecular weight is 493 g/mol. The predicted octanol–water partition coefficient (Wildman–Crippen LogP) is 4.26. The van der Waals surface area contributed by atoms with Crippen molar-refractivity contribution < 1.29 is 0 Å². The van der Waals surface area contributed by atoms with Crippen molar-refractivity contribution in [1.29, 1.82) is 0 Å². The highest BCUT2D eigenvalue weighted by atomic mass is 127. The van der Waals surface area contributed by atoms with Gasteiger partial charge in [-0.25, -0.2) is 4.68 Å². The molecule has 2 aliphatic rings. The van der Waals surface area contributed by atoms with E-state index in [2.05, 4.69) is 38.6 Å². The molecular formula is C22H32IN5. The van der Waals surface area contributed by atoms with Gasteiger partial charge in [-0.1, -0.05) is 37.5 Å². The Morgan fingerprint density at radius 2 is 1.93 bits per heavy atom. The molecule has 0 radical (unpaired) electrons. The molecule has 2 fully saturated rings. The van der Waals surface area contributed by atoms with Gasteiger partial charge in [-0.15, -0.1) is 24.0 Å². The van der Waals surface area contributed by atoms with Crippen molar-refractivity contribution >= 4 is 29.9 Å². The predicted molar refractivity (Wildman–Crippen MR) is 126 cm³/mol. The van der Waals surface area contributed by atoms with E-state index in [9.17, 15) is 0 Å². The van der Waals surface area contributed by atoms with Gasteiger partial charge in [0.1, 0.15) is 0 Å². The van der Waals surface area contributed by atoms with Crippen molar-refractivity contribution in [3.8, 4) is 5.69 Å². The van der Waals surface area contributed by atoms with Crippen LogP contribution < -0.4 is 5.32 Å². The Morgan fingerprint density at radius 3 is 2.68 bits per heavy atom. The molecule has 0 bridgehead atoms. The monoisotopic (exact) mass is 493 g/mol. The van der Waals surface area contributed by atoms with E-state index < -0.39 is 0 Å². The van der Waals surface area contributed by atoms with Gasteiger partial charge < -0.3 is 10.2 Å². The topological polar surface area (TPSA) is 45.5 Å². The summed E-state index contributed by atoms with van der Waals surface area (Å²) in [4.78, 5) is 7.01. The van der Waals surface area contributed by atoms with Crippen molar-refractivity contribution in [3.05, 3.63) is 48.3 Å². The smallest absolute Gasteiger partial charge is 0.193 e. The molecule has 4 rings (SSSR count). The second kappa shape index (κ2) is 9.76. The van der Waals surface area contributed by atoms with E-state index in [0.29, 0.717) is 5.41 Å². The van der Waals surface area contributed by atoms with E-state index in [1.54, 1.807) is 0 Å². The van der Waals surface area contributed by atoms with Crippen LogP contribution in [0.4, 0.5) is 0 Å². The lowest BCUT2D eigenvalue weighted by molar-refractivity contribution is 0.203. The molecule has 2 aromatic rings. The van der Waals surface area contributed by atoms with E-state index >= 15 is 0 Å². The molecule has 0 unspecified atom stereocenters. The molecular weight excluding hydrogens is 461 g/mol. The highest BCUT2D eigenvalue weighted by molar-refractivity contribution is 14.0. The van der Waals surface area contributed by atoms with E-state index in [1.807, 2.05) is 36.1 Å². The summed E-state index contributed by atoms with van der Waals surface area (Å²) in [7, 11) is 1.90. The van der Waals surface area contributed by atoms with Gasteiger partial charge in [-0.2, -0.15) is 5.10 Å². The lowest BCUT2D eigenvalue weighted by atomic mass is 9.73. The minimum atomic E-state index is 0. The molecule has 1 spiro atoms. The summed E-state index contributed by atoms with van der Waals surface area (Å²) >= 11 is 0. The summed E-state index contributed by atoms with van der Waals surface area (Å²) in [5, 5.41) is 8.06. The standard InChI is InChI=1S/C22H31N5.HI/c1-23-21(26-15-13-22(18-26)11-6-3-7-12-22)24-14-10-19-16-25-27(17-19)20-8-4-2-5-9-20;/h2,4-5,8-9,16-17H,3,6-7,10-15,18H2,1H3,(H,23,24);1H. The minimum absolute atomic E-state index is 0. The molecule has 1 aromatic heterocycles. The zero-order valence-electron chi connectivity index (χ0n) is 16.8. The van der Waals surface area contributed by atoms with Crippen LogP contribution in [0.15, 0.2) is 47.7 Å². The molecule has 0 amide bonds. The number of nitrogens with zero attached hydrogens (tertiary/aromatic N) is 4. The first-order chi connectivity index (χ1) is 13.3. The van der Waals surface area contributed by atoms with Gasteiger partial charge in [0.05, 0.1) is 11.9 Å². The van der Waals surface area contributed by atoms with Crippen LogP contribution in [-0.2, 0) is 6.42 Å². The Labute approximate surface area is 185 Å². The fourth-order valence-corrected chi connectivity index (χ4v) is 4.69. The fraction of sp³-hybridized carbons (Fsp3) is 0.545. The first-order valence-corrected chi connectivity index (χ1v) is 10.3. The zero-order chi connectivity index (χ0) is 18.5. The normalized spacial score (nSPS) is 18.9. The summed E-state index contributed by atoms with van der Waals surface area (Å²) in [6, 6.07) is 10.3. The summed E-state index contributed by atoms with van der Waals surface area (Å²) in [5.74, 6) is 1.06. The third kappa shape index (κ3) is 4.88. The third-order valence-corrected chi connectivity index (χ3v) is 6.22. The molecule has 28 heavy (non-hydrogen) atoms. The van der Waals surface area contributed by atoms with E-state index in [4.69, 9.17) is 0 Å². The molecule has 1 aromatic carbocycles. The van der Waals surface area contributed by atoms with Crippen LogP contribution in [0.2, 0.25) is 0 Å². The first-order valence-electron chi connectivity index (χ1n) is 10.3. The molecule has 1 aliphatic carbocycles. The highest BCUT2D eigenvalue weighted by Crippen LogP contribution is 2.43. The lowest BCUT2D eigenvalue weighted by Crippen LogP contribution is -2.42. The lowest BCUT2D eigenvalue weighted by Gasteiger charge is -2.33. The molecule has 152 valence electrons. The van der Waals surface area contributed by atoms with Gasteiger partial charge in [0.2, 0.25) is 0 Å². The number of para-hydroxylation sites is 1. The van der Waals surface area contributed by atoms with Crippen LogP contribution in [0.25, 0.3) is 5.69 Å². The maximum Gasteiger partial charge on any atom is 0.193 e. The zero-order valence-corrected chi connectivity index (χ0v) is 19.1. The van der Waals surface area contributed by atoms with Crippen LogP contribution in [-0.4, -0.2) is 47.3 Å². The summed E-state index contributed by atoms with van der Waals surface area (Å²) < 4.78 is 1.94. The van der Waals surface area contributed by atoms with Crippen LogP contribution in [0.1, 0.15) is 44.1 Å². The summed E-state index contributed by atoms with van der Waals surface area (Å²) in [6.45, 7) is 3.21. The molecule has 1 saturated heterocycles. The summed E-state index contributed by atoms with van der Waals surface area (Å²) in [5.41, 5.74) is 2.90. The molecule has 5 nitrogen and oxygen atoms in total. The van der Waals surface area contributed by atoms with Crippen molar-refractivity contribution in [2.45, 2.75) is 44.9 Å². The number of aliphatic imine (C=N–C) groups is 1. The maximum absolute atomic E-state index is 4.54. The molecule has 2 heterocycles. The number of hydrogen-bond acceptors (Lipinski definition) is 2. The number of nitrogens with one attached hydrogen (secondary N) is 1. The fourth-order valence-electron chi connectivity index (χ4n) is 4.69. The van der Waals surface area contributed by atoms with Crippen molar-refractivity contribution in [3.63, 3.8) is 0 Å². The number of halogens is 1. The minimum Gasteiger partial charge on any atom is -0.356 e. The number of guanidine groups is 1. The van der Waals surface area contributed by atoms with Gasteiger partial charge in [-0.05, 0) is 48.8 Å². The van der Waals surface area contributed by atoms with E-state index in [1.165, 1.54) is 50.6 Å². The quantitative estimate of drug-likeness (QED) is 0.393. The van der Waals surface area contributed by atoms with Gasteiger partial charge in [0, 0.05) is 32.9 Å². The third-order valence-electron chi connectivity index (χ3n) is 6.22. The average Bonchev–Trinajstić information content (AvgIpc) is 3.34. The van der Waals surface area contributed by atoms with Crippen LogP contribution in [0, 0.1) is 5.41 Å². The maximum atomic E-state index is 4.54. The van der Waals surface area contributed by atoms with Crippen molar-refractivity contribution in [2.24, 2.45) is 10.4 Å². The number of aromatic nitrogens is 2. The van der Waals surface area contributed by atoms with Gasteiger partial charge in [-0.3, -0.25) is 4.99 Å². The van der Waals surface area contributed by atoms with Gasteiger partial charge in [0.15, 0.2) is 5.96 Å². The second-order valence-electron chi connectivity index (χ2n) is 8.08. The molecule has 0 atom stereocenters. The molecule has 6 heteroatoms. The Hall–Kier alpha value is -1.57. The van der Waals surface area contributed by atoms with Gasteiger partial charge in [0.25, 0.3) is 0 Å². The van der Waals surface area contributed by atoms with Crippen LogP contribution in [0.3, 0.4) is 0 Å². The number of likely N-dealkylation sites (tertiary alicyclic amines) is 1. The largest absolute Gasteiger partial charge is 0.356 e. The number of rotatable bonds is 4. The number of hydrogen-bond donors (Lipinski definition) is 1. The Morgan fingerprint density at radius 1 is 1.14 bits per heavy atom. The SMILES string of the molecule is CN=C(NCCc1cnn(-c2ccccc2)c1)N1CCC2(CCCCC2)C1.I. The summed E-state index contributed by atoms with van der Waals surface area (Å²) in [6.07, 6.45) is 13.4. The first kappa shape index (κ1) is 21.1. The van der Waals surface area contributed by atoms with Crippen molar-refractivity contribution in [1.82, 2.24) is 20.0 Å². The second-order valence-corrected chi connectivity index (χ2v) is 8.08. The Balaban J connectivity index is 0.00000225. The van der Waals surface area contributed by atoms with Crippen LogP contribution >= 0.6 is 24.0 Å². The molecule has 1 aliphatic heterocycles. The molecule has 1 saturated carbocycles. The van der Waals surface area contributed by atoms with E-state index in [-0.39, 0.29) is 24.0 Å². The Kier molecular flexibility index (Phi) is 7.37. The van der Waals surface area contributed by atoms with Crippen molar-refractivity contribution in [2.75, 3.05) is 26.7 Å².